The summed E-state index contributed by atoms with van der Waals surface area (Å²) in [5, 5.41) is 10.4. The second-order valence-electron chi connectivity index (χ2n) is 3.02. The predicted molar refractivity (Wildman–Crippen MR) is 64.8 cm³/mol. The summed E-state index contributed by atoms with van der Waals surface area (Å²) in [6.45, 7) is 0.365. The van der Waals surface area contributed by atoms with Crippen LogP contribution in [0, 0.1) is 0 Å². The first-order valence-electron chi connectivity index (χ1n) is 4.51. The molecule has 0 aromatic carbocycles. The molecule has 0 aliphatic carbocycles. The van der Waals surface area contributed by atoms with Crippen LogP contribution in [-0.4, -0.2) is 24.1 Å². The lowest BCUT2D eigenvalue weighted by Gasteiger charge is -2.01. The van der Waals surface area contributed by atoms with Crippen molar-refractivity contribution in [2.24, 2.45) is 0 Å². The van der Waals surface area contributed by atoms with Gasteiger partial charge in [0, 0.05) is 18.0 Å². The molecule has 0 bridgehead atoms. The molecule has 7 heteroatoms. The van der Waals surface area contributed by atoms with Crippen molar-refractivity contribution in [1.82, 2.24) is 23.5 Å². The van der Waals surface area contributed by atoms with Crippen LogP contribution in [0.2, 0.25) is 0 Å². The van der Waals surface area contributed by atoms with Crippen LogP contribution in [0.5, 0.6) is 0 Å². The van der Waals surface area contributed by atoms with Crippen molar-refractivity contribution in [1.29, 1.82) is 0 Å². The molecule has 0 spiro atoms. The second kappa shape index (κ2) is 5.01. The van der Waals surface area contributed by atoms with Gasteiger partial charge in [-0.2, -0.15) is 2.90 Å². The molecule has 0 aliphatic rings. The van der Waals surface area contributed by atoms with Crippen LogP contribution in [-0.2, 0) is 6.54 Å². The maximum Gasteiger partial charge on any atom is 0.251 e. The average Bonchev–Trinajstić information content (AvgIpc) is 2.73. The third kappa shape index (κ3) is 2.75. The quantitative estimate of drug-likeness (QED) is 0.846. The van der Waals surface area contributed by atoms with Crippen molar-refractivity contribution in [2.45, 2.75) is 6.54 Å². The van der Waals surface area contributed by atoms with Gasteiger partial charge in [0.2, 0.25) is 0 Å². The fourth-order valence-electron chi connectivity index (χ4n) is 1.13. The van der Waals surface area contributed by atoms with Crippen molar-refractivity contribution < 1.29 is 4.79 Å². The number of aromatic nitrogens is 4. The maximum absolute atomic E-state index is 11.6. The van der Waals surface area contributed by atoms with E-state index in [0.717, 1.165) is 5.69 Å². The molecule has 2 aromatic heterocycles. The number of hydrogen-bond donors (Lipinski definition) is 1. The number of hydrogen-bond acceptors (Lipinski definition) is 4. The molecular weight excluding hydrogens is 321 g/mol. The maximum atomic E-state index is 11.6. The zero-order valence-corrected chi connectivity index (χ0v) is 10.3. The molecule has 0 atom stereocenters. The number of nitrogens with zero attached hydrogens (tertiary/aromatic N) is 4. The third-order valence-corrected chi connectivity index (χ3v) is 2.36. The molecule has 0 radical (unpaired) electrons. The van der Waals surface area contributed by atoms with Crippen LogP contribution < -0.4 is 5.32 Å². The molecule has 0 saturated carbocycles. The third-order valence-electron chi connectivity index (χ3n) is 1.89. The van der Waals surface area contributed by atoms with Crippen LogP contribution >= 0.6 is 22.9 Å². The average molecular weight is 329 g/mol. The number of nitrogens with one attached hydrogen (secondary N) is 1. The van der Waals surface area contributed by atoms with E-state index in [1.54, 1.807) is 33.6 Å². The van der Waals surface area contributed by atoms with E-state index >= 15 is 0 Å². The summed E-state index contributed by atoms with van der Waals surface area (Å²) in [6.07, 6.45) is 4.90. The van der Waals surface area contributed by atoms with Crippen LogP contribution in [0.1, 0.15) is 16.1 Å². The first-order chi connectivity index (χ1) is 7.75. The topological polar surface area (TPSA) is 72.7 Å². The van der Waals surface area contributed by atoms with Gasteiger partial charge in [-0.25, -0.2) is 0 Å². The molecule has 0 aliphatic heterocycles. The molecule has 0 fully saturated rings. The Morgan fingerprint density at radius 3 is 2.81 bits per heavy atom. The molecule has 0 saturated heterocycles. The van der Waals surface area contributed by atoms with E-state index in [2.05, 4.69) is 20.6 Å². The highest BCUT2D eigenvalue weighted by atomic mass is 127. The summed E-state index contributed by atoms with van der Waals surface area (Å²) in [7, 11) is 0. The lowest BCUT2D eigenvalue weighted by Crippen LogP contribution is -2.22. The number of amides is 1. The lowest BCUT2D eigenvalue weighted by atomic mass is 10.2. The molecule has 2 rings (SSSR count). The molecule has 6 nitrogen and oxygen atoms in total. The van der Waals surface area contributed by atoms with Crippen molar-refractivity contribution in [3.05, 3.63) is 42.0 Å². The number of halogens is 1. The number of rotatable bonds is 3. The minimum Gasteiger partial charge on any atom is -0.346 e. The summed E-state index contributed by atoms with van der Waals surface area (Å²) in [4.78, 5) is 15.5. The molecule has 1 N–H and O–H groups in total. The van der Waals surface area contributed by atoms with Gasteiger partial charge in [0.1, 0.15) is 5.69 Å². The molecule has 2 heterocycles. The Morgan fingerprint density at radius 1 is 1.44 bits per heavy atom. The van der Waals surface area contributed by atoms with Gasteiger partial charge in [-0.3, -0.25) is 9.78 Å². The number of carbonyl (C=O) groups excluding carboxylic acids is 1. The molecule has 0 unspecified atom stereocenters. The molecule has 1 amide bonds. The summed E-state index contributed by atoms with van der Waals surface area (Å²) >= 11 is 1.99. The second-order valence-corrected chi connectivity index (χ2v) is 4.01. The number of carbonyl (C=O) groups is 1. The van der Waals surface area contributed by atoms with Gasteiger partial charge >= 0.3 is 0 Å². The highest BCUT2D eigenvalue weighted by molar-refractivity contribution is 14.1. The Morgan fingerprint density at radius 2 is 2.19 bits per heavy atom. The Balaban J connectivity index is 1.94. The van der Waals surface area contributed by atoms with Gasteiger partial charge in [0.25, 0.3) is 5.91 Å². The molecular formula is C9H8IN5O. The van der Waals surface area contributed by atoms with E-state index in [1.807, 2.05) is 22.9 Å². The van der Waals surface area contributed by atoms with Crippen LogP contribution in [0.4, 0.5) is 0 Å². The summed E-state index contributed by atoms with van der Waals surface area (Å²) < 4.78 is 1.56. The highest BCUT2D eigenvalue weighted by Crippen LogP contribution is 1.99. The number of pyridine rings is 1. The van der Waals surface area contributed by atoms with Crippen LogP contribution in [0.3, 0.4) is 0 Å². The minimum absolute atomic E-state index is 0.148. The van der Waals surface area contributed by atoms with Gasteiger partial charge in [-0.05, 0) is 12.1 Å². The zero-order valence-electron chi connectivity index (χ0n) is 8.17. The largest absolute Gasteiger partial charge is 0.346 e. The first kappa shape index (κ1) is 11.0. The van der Waals surface area contributed by atoms with Gasteiger partial charge in [0.15, 0.2) is 0 Å². The van der Waals surface area contributed by atoms with Gasteiger partial charge < -0.3 is 5.32 Å². The fraction of sp³-hybridized carbons (Fsp3) is 0.111. The first-order valence-corrected chi connectivity index (χ1v) is 5.48. The van der Waals surface area contributed by atoms with Crippen molar-refractivity contribution >= 4 is 28.8 Å². The Labute approximate surface area is 106 Å². The van der Waals surface area contributed by atoms with Gasteiger partial charge in [-0.15, -0.1) is 5.10 Å². The van der Waals surface area contributed by atoms with Gasteiger partial charge in [0.05, 0.1) is 35.6 Å². The minimum atomic E-state index is -0.148. The van der Waals surface area contributed by atoms with E-state index in [-0.39, 0.29) is 5.91 Å². The molecule has 2 aromatic rings. The SMILES string of the molecule is O=C(NCc1cn(I)nn1)c1ccncc1. The molecule has 82 valence electrons. The van der Waals surface area contributed by atoms with Crippen molar-refractivity contribution in [3.63, 3.8) is 0 Å². The summed E-state index contributed by atoms with van der Waals surface area (Å²) in [5.41, 5.74) is 1.30. The van der Waals surface area contributed by atoms with E-state index in [0.29, 0.717) is 12.1 Å². The fourth-order valence-corrected chi connectivity index (χ4v) is 1.55. The monoisotopic (exact) mass is 329 g/mol. The Kier molecular flexibility index (Phi) is 3.44. The van der Waals surface area contributed by atoms with Gasteiger partial charge in [-0.1, -0.05) is 5.21 Å². The van der Waals surface area contributed by atoms with E-state index in [4.69, 9.17) is 0 Å². The van der Waals surface area contributed by atoms with E-state index in [1.165, 1.54) is 0 Å². The Hall–Kier alpha value is -1.51. The predicted octanol–water partition coefficient (Wildman–Crippen LogP) is 0.801. The van der Waals surface area contributed by atoms with Crippen molar-refractivity contribution in [2.75, 3.05) is 0 Å². The standard InChI is InChI=1S/C9H8IN5O/c10-15-6-8(13-14-15)5-12-9(16)7-1-3-11-4-2-7/h1-4,6H,5H2,(H,12,16). The molecule has 16 heavy (non-hydrogen) atoms. The smallest absolute Gasteiger partial charge is 0.251 e. The summed E-state index contributed by atoms with van der Waals surface area (Å²) in [5.74, 6) is -0.148. The normalized spacial score (nSPS) is 10.1. The van der Waals surface area contributed by atoms with E-state index in [9.17, 15) is 4.79 Å². The zero-order chi connectivity index (χ0) is 11.4. The van der Waals surface area contributed by atoms with Crippen LogP contribution in [0.15, 0.2) is 30.7 Å². The summed E-state index contributed by atoms with van der Waals surface area (Å²) in [6, 6.07) is 3.31. The highest BCUT2D eigenvalue weighted by Gasteiger charge is 2.05. The Bertz CT molecular complexity index is 484. The lowest BCUT2D eigenvalue weighted by molar-refractivity contribution is 0.0950. The van der Waals surface area contributed by atoms with Crippen LogP contribution in [0.25, 0.3) is 0 Å². The van der Waals surface area contributed by atoms with Crippen molar-refractivity contribution in [3.8, 4) is 0 Å². The van der Waals surface area contributed by atoms with E-state index < -0.39 is 0 Å².